The molecule has 3 fully saturated rings. The van der Waals surface area contributed by atoms with Crippen molar-refractivity contribution in [3.05, 3.63) is 105 Å². The molecule has 2 aliphatic carbocycles. The smallest absolute Gasteiger partial charge is 0.408 e. The van der Waals surface area contributed by atoms with Crippen molar-refractivity contribution in [1.29, 1.82) is 5.26 Å². The third-order valence-corrected chi connectivity index (χ3v) is 15.3. The van der Waals surface area contributed by atoms with Gasteiger partial charge in [-0.1, -0.05) is 54.6 Å². The van der Waals surface area contributed by atoms with Crippen LogP contribution in [0.4, 0.5) is 4.79 Å². The number of benzene rings is 3. The number of rotatable bonds is 15. The highest BCUT2D eigenvalue weighted by molar-refractivity contribution is 7.99. The first-order valence-electron chi connectivity index (χ1n) is 23.3. The molecule has 0 spiro atoms. The van der Waals surface area contributed by atoms with E-state index in [4.69, 9.17) is 37.9 Å². The monoisotopic (exact) mass is 964 g/mol. The number of hydrogen-bond acceptors (Lipinski definition) is 16. The first-order chi connectivity index (χ1) is 33.1. The van der Waals surface area contributed by atoms with Crippen LogP contribution in [0.15, 0.2) is 77.3 Å². The molecule has 2 unspecified atom stereocenters. The maximum atomic E-state index is 14.7. The molecule has 2 bridgehead atoms. The molecular weight excluding hydrogens is 905 g/mol. The Morgan fingerprint density at radius 1 is 1.01 bits per heavy atom. The summed E-state index contributed by atoms with van der Waals surface area (Å²) in [6, 6.07) is 16.5. The molecule has 366 valence electrons. The van der Waals surface area contributed by atoms with Gasteiger partial charge in [0.15, 0.2) is 41.2 Å². The molecule has 3 aromatic carbocycles. The molecule has 0 saturated carbocycles. The molecule has 2 N–H and O–H groups in total. The number of nitrogens with zero attached hydrogens (tertiary/aromatic N) is 3. The van der Waals surface area contributed by atoms with Crippen LogP contribution in [-0.4, -0.2) is 140 Å². The number of ketones is 1. The molecule has 4 aliphatic heterocycles. The first kappa shape index (κ1) is 48.4. The fourth-order valence-electron chi connectivity index (χ4n) is 11.3. The number of esters is 1. The minimum Gasteiger partial charge on any atom is -0.493 e. The van der Waals surface area contributed by atoms with Gasteiger partial charge < -0.3 is 48.3 Å². The van der Waals surface area contributed by atoms with E-state index in [0.29, 0.717) is 36.9 Å². The number of carbonyl (C=O) groups is 3. The number of piperidine rings is 1. The first-order valence-corrected chi connectivity index (χ1v) is 24.5. The Morgan fingerprint density at radius 3 is 2.38 bits per heavy atom. The zero-order valence-corrected chi connectivity index (χ0v) is 41.1. The van der Waals surface area contributed by atoms with E-state index in [2.05, 4.69) is 40.6 Å². The summed E-state index contributed by atoms with van der Waals surface area (Å²) < 4.78 is 47.2. The zero-order valence-electron chi connectivity index (χ0n) is 40.3. The number of piperazine rings is 1. The summed E-state index contributed by atoms with van der Waals surface area (Å²) in [5, 5.41) is 27.1. The largest absolute Gasteiger partial charge is 0.493 e. The number of hydrogen-bond donors (Lipinski definition) is 2. The van der Waals surface area contributed by atoms with E-state index in [1.807, 2.05) is 49.2 Å². The molecule has 3 saturated heterocycles. The van der Waals surface area contributed by atoms with E-state index in [0.717, 1.165) is 16.7 Å². The second kappa shape index (κ2) is 19.3. The fraction of sp³-hybridized carbons (Fsp3) is 0.500. The van der Waals surface area contributed by atoms with Gasteiger partial charge in [-0.05, 0) is 81.5 Å². The average molecular weight is 965 g/mol. The van der Waals surface area contributed by atoms with Gasteiger partial charge in [-0.15, -0.1) is 0 Å². The average Bonchev–Trinajstić information content (AvgIpc) is 3.92. The number of likely N-dealkylation sites (N-methyl/N-ethyl adjacent to an activating group) is 1. The van der Waals surface area contributed by atoms with Crippen molar-refractivity contribution in [2.45, 2.75) is 101 Å². The van der Waals surface area contributed by atoms with Crippen LogP contribution in [0.5, 0.6) is 11.5 Å². The van der Waals surface area contributed by atoms with Crippen LogP contribution in [0.25, 0.3) is 11.1 Å². The predicted molar refractivity (Wildman–Crippen MR) is 254 cm³/mol. The number of ether oxygens (including phenoxy) is 8. The van der Waals surface area contributed by atoms with Crippen LogP contribution in [0.3, 0.4) is 0 Å². The summed E-state index contributed by atoms with van der Waals surface area (Å²) in [5.41, 5.74) is 4.61. The van der Waals surface area contributed by atoms with Gasteiger partial charge in [-0.25, -0.2) is 9.59 Å². The molecule has 7 atom stereocenters. The fourth-order valence-corrected chi connectivity index (χ4v) is 12.5. The number of amides is 1. The van der Waals surface area contributed by atoms with E-state index < -0.39 is 71.9 Å². The molecule has 1 amide bonds. The van der Waals surface area contributed by atoms with Gasteiger partial charge in [0.25, 0.3) is 0 Å². The zero-order chi connectivity index (χ0) is 48.9. The Morgan fingerprint density at radius 2 is 1.71 bits per heavy atom. The lowest BCUT2D eigenvalue weighted by Gasteiger charge is -2.62. The van der Waals surface area contributed by atoms with Crippen LogP contribution in [0, 0.1) is 18.3 Å². The maximum Gasteiger partial charge on any atom is 0.408 e. The lowest BCUT2D eigenvalue weighted by atomic mass is 9.65. The summed E-state index contributed by atoms with van der Waals surface area (Å²) in [6.45, 7) is 8.68. The normalized spacial score (nSPS) is 25.2. The number of alkyl carbamates (subject to hydrolysis) is 1. The topological polar surface area (TPSA) is 188 Å². The van der Waals surface area contributed by atoms with Crippen molar-refractivity contribution in [3.63, 3.8) is 0 Å². The Bertz CT molecular complexity index is 2590. The van der Waals surface area contributed by atoms with Gasteiger partial charge in [-0.2, -0.15) is 17.0 Å². The molecule has 3 aromatic rings. The number of nitriles is 1. The molecule has 4 heterocycles. The standard InChI is InChI=1S/C52H60N4O12S/c1-28-19-30-20-37-39(22-53)56-38(43(55(37)6)41(30)46(44(28)62-8)65-26-63-18-17-61-7)21-52(60)42(47-45(66-27-67-47)29(2)48(52)57)40(56)23-64-49(58)36(54-50(59)68-51(3,4)5)25-69-24-35-33-15-11-9-13-31(33)32-14-10-12-16-34(32)35/h9-16,19,35-40,43,60H,17-18,20-21,23-27H2,1-8H3,(H,54,59)/t36-,37+,38?,39+,40+,43+,52?/m1/s1. The third-order valence-electron chi connectivity index (χ3n) is 14.2. The summed E-state index contributed by atoms with van der Waals surface area (Å²) in [4.78, 5) is 46.9. The van der Waals surface area contributed by atoms with E-state index >= 15 is 0 Å². The maximum absolute atomic E-state index is 14.7. The summed E-state index contributed by atoms with van der Waals surface area (Å²) in [7, 11) is 5.09. The molecule has 69 heavy (non-hydrogen) atoms. The Labute approximate surface area is 406 Å². The Balaban J connectivity index is 1.07. The molecular formula is C52H60N4O12S. The molecule has 0 aromatic heterocycles. The van der Waals surface area contributed by atoms with Crippen molar-refractivity contribution >= 4 is 29.6 Å². The molecule has 9 rings (SSSR count). The number of aliphatic hydroxyl groups is 1. The SMILES string of the molecule is COCCOCOc1c(OC)c(C)cc2c1[C@@H]1C3CC4(O)C(=O)C(C)=C5OCOC5=C4[C@H](COC(=O)[C@@H](CSCC4c5ccccc5-c5ccccc54)NC(=O)OC(C)(C)C)N3[C@@H](C#N)[C@H](C2)N1C. The molecule has 0 radical (unpaired) electrons. The highest BCUT2D eigenvalue weighted by atomic mass is 32.2. The van der Waals surface area contributed by atoms with Crippen LogP contribution in [0.1, 0.15) is 73.9 Å². The van der Waals surface area contributed by atoms with Crippen LogP contribution in [-0.2, 0) is 44.4 Å². The second-order valence-corrected chi connectivity index (χ2v) is 20.4. The van der Waals surface area contributed by atoms with Gasteiger partial charge >= 0.3 is 12.1 Å². The van der Waals surface area contributed by atoms with Crippen molar-refractivity contribution < 1.29 is 57.4 Å². The predicted octanol–water partition coefficient (Wildman–Crippen LogP) is 6.08. The molecule has 6 aliphatic rings. The van der Waals surface area contributed by atoms with Crippen LogP contribution in [0.2, 0.25) is 0 Å². The van der Waals surface area contributed by atoms with E-state index in [-0.39, 0.29) is 54.3 Å². The number of aryl methyl sites for hydroxylation is 1. The number of fused-ring (bicyclic) bond motifs is 11. The minimum atomic E-state index is -2.16. The van der Waals surface area contributed by atoms with E-state index in [9.17, 15) is 24.8 Å². The van der Waals surface area contributed by atoms with Crippen molar-refractivity contribution in [1.82, 2.24) is 15.1 Å². The quantitative estimate of drug-likeness (QED) is 0.101. The van der Waals surface area contributed by atoms with E-state index in [1.165, 1.54) is 34.0 Å². The Hall–Kier alpha value is -5.61. The number of thioether (sulfide) groups is 1. The number of Topliss-reactive ketones (excluding diaryl/α,β-unsaturated/α-hetero) is 1. The van der Waals surface area contributed by atoms with Crippen molar-refractivity contribution in [3.8, 4) is 28.7 Å². The molecule has 16 nitrogen and oxygen atoms in total. The van der Waals surface area contributed by atoms with Crippen LogP contribution >= 0.6 is 11.8 Å². The third kappa shape index (κ3) is 8.63. The lowest BCUT2D eigenvalue weighted by molar-refractivity contribution is -0.159. The van der Waals surface area contributed by atoms with E-state index in [1.54, 1.807) is 41.9 Å². The molecule has 17 heteroatoms. The number of carbonyl (C=O) groups excluding carboxylic acids is 3. The summed E-state index contributed by atoms with van der Waals surface area (Å²) >= 11 is 1.50. The van der Waals surface area contributed by atoms with Crippen molar-refractivity contribution in [2.24, 2.45) is 0 Å². The number of methoxy groups -OCH3 is 2. The second-order valence-electron chi connectivity index (χ2n) is 19.4. The summed E-state index contributed by atoms with van der Waals surface area (Å²) in [5.74, 6) is 0.805. The highest BCUT2D eigenvalue weighted by Gasteiger charge is 2.64. The minimum absolute atomic E-state index is 0.0526. The van der Waals surface area contributed by atoms with Crippen LogP contribution < -0.4 is 14.8 Å². The van der Waals surface area contributed by atoms with Gasteiger partial charge in [-0.3, -0.25) is 14.6 Å². The van der Waals surface area contributed by atoms with Gasteiger partial charge in [0.1, 0.15) is 24.3 Å². The summed E-state index contributed by atoms with van der Waals surface area (Å²) in [6.07, 6.45) is -0.494. The number of nitrogens with one attached hydrogen (secondary N) is 1. The van der Waals surface area contributed by atoms with Gasteiger partial charge in [0, 0.05) is 59.7 Å². The van der Waals surface area contributed by atoms with Gasteiger partial charge in [0.2, 0.25) is 6.79 Å². The highest BCUT2D eigenvalue weighted by Crippen LogP contribution is 2.57. The lowest BCUT2D eigenvalue weighted by Crippen LogP contribution is -2.74. The van der Waals surface area contributed by atoms with Crippen molar-refractivity contribution in [2.75, 3.05) is 66.2 Å². The van der Waals surface area contributed by atoms with Gasteiger partial charge in [0.05, 0.1) is 38.5 Å². The Kier molecular flexibility index (Phi) is 13.5.